The van der Waals surface area contributed by atoms with E-state index in [4.69, 9.17) is 13.9 Å². The van der Waals surface area contributed by atoms with Crippen LogP contribution in [0.25, 0.3) is 0 Å². The summed E-state index contributed by atoms with van der Waals surface area (Å²) < 4.78 is 18.0. The van der Waals surface area contributed by atoms with Gasteiger partial charge in [-0.15, -0.1) is 0 Å². The van der Waals surface area contributed by atoms with E-state index in [0.717, 1.165) is 5.56 Å². The van der Waals surface area contributed by atoms with Crippen LogP contribution in [0.4, 0.5) is 4.79 Å². The first-order chi connectivity index (χ1) is 16.7. The van der Waals surface area contributed by atoms with Gasteiger partial charge in [0.1, 0.15) is 23.5 Å². The van der Waals surface area contributed by atoms with Crippen LogP contribution in [0.15, 0.2) is 30.3 Å². The van der Waals surface area contributed by atoms with E-state index in [-0.39, 0.29) is 16.7 Å². The van der Waals surface area contributed by atoms with Crippen molar-refractivity contribution in [1.29, 1.82) is 0 Å². The molecule has 0 saturated carbocycles. The zero-order chi connectivity index (χ0) is 28.8. The number of Topliss-reactive ketones (excluding diaryl/α,β-unsaturated/α-hetero) is 1. The maximum Gasteiger partial charge on any atom is 0.408 e. The number of hydrogen-bond donors (Lipinski definition) is 1. The molecule has 1 aromatic carbocycles. The Balaban J connectivity index is 3.28. The lowest BCUT2D eigenvalue weighted by Gasteiger charge is -2.43. The van der Waals surface area contributed by atoms with Crippen molar-refractivity contribution in [3.8, 4) is 0 Å². The maximum atomic E-state index is 13.3. The number of benzene rings is 1. The molecule has 210 valence electrons. The lowest BCUT2D eigenvalue weighted by molar-refractivity contribution is -0.160. The fourth-order valence-electron chi connectivity index (χ4n) is 3.64. The number of ketones is 1. The van der Waals surface area contributed by atoms with Crippen molar-refractivity contribution < 1.29 is 28.3 Å². The molecule has 0 aromatic heterocycles. The highest BCUT2D eigenvalue weighted by Gasteiger charge is 2.44. The summed E-state index contributed by atoms with van der Waals surface area (Å²) in [5, 5.41) is 2.54. The fourth-order valence-corrected chi connectivity index (χ4v) is 5.03. The zero-order valence-corrected chi connectivity index (χ0v) is 25.9. The van der Waals surface area contributed by atoms with Gasteiger partial charge in [-0.1, -0.05) is 65.0 Å². The molecule has 1 aromatic rings. The minimum atomic E-state index is -2.34. The van der Waals surface area contributed by atoms with Gasteiger partial charge in [-0.25, -0.2) is 9.59 Å². The molecular weight excluding hydrogens is 486 g/mol. The summed E-state index contributed by atoms with van der Waals surface area (Å²) in [5.74, 6) is -1.35. The largest absolute Gasteiger partial charge is 0.458 e. The number of hydrogen-bond acceptors (Lipinski definition) is 6. The summed E-state index contributed by atoms with van der Waals surface area (Å²) in [7, 11) is -2.34. The molecule has 0 radical (unpaired) electrons. The van der Waals surface area contributed by atoms with Gasteiger partial charge in [-0.05, 0) is 70.7 Å². The average Bonchev–Trinajstić information content (AvgIpc) is 2.72. The second kappa shape index (κ2) is 13.0. The molecule has 7 nitrogen and oxygen atoms in total. The normalized spacial score (nSPS) is 15.9. The van der Waals surface area contributed by atoms with Gasteiger partial charge < -0.3 is 19.2 Å². The number of ether oxygens (including phenoxy) is 2. The van der Waals surface area contributed by atoms with Gasteiger partial charge in [0.15, 0.2) is 8.32 Å². The Bertz CT molecular complexity index is 901. The van der Waals surface area contributed by atoms with Crippen molar-refractivity contribution >= 4 is 26.2 Å². The molecule has 0 heterocycles. The third-order valence-electron chi connectivity index (χ3n) is 6.81. The van der Waals surface area contributed by atoms with E-state index in [1.807, 2.05) is 44.2 Å². The molecule has 0 spiro atoms. The summed E-state index contributed by atoms with van der Waals surface area (Å²) in [4.78, 5) is 38.6. The number of carbonyl (C=O) groups excluding carboxylic acids is 3. The summed E-state index contributed by atoms with van der Waals surface area (Å²) in [6.45, 7) is 22.9. The second-order valence-corrected chi connectivity index (χ2v) is 17.5. The highest BCUT2D eigenvalue weighted by Crippen LogP contribution is 2.39. The number of esters is 1. The Morgan fingerprint density at radius 1 is 0.946 bits per heavy atom. The number of amides is 1. The first-order valence-electron chi connectivity index (χ1n) is 13.2. The van der Waals surface area contributed by atoms with Gasteiger partial charge in [0.05, 0.1) is 6.10 Å². The van der Waals surface area contributed by atoms with Crippen molar-refractivity contribution in [2.75, 3.05) is 0 Å². The zero-order valence-electron chi connectivity index (χ0n) is 24.9. The van der Waals surface area contributed by atoms with Crippen LogP contribution in [0.3, 0.4) is 0 Å². The Kier molecular flexibility index (Phi) is 11.6. The van der Waals surface area contributed by atoms with Gasteiger partial charge in [-0.3, -0.25) is 4.79 Å². The Morgan fingerprint density at radius 3 is 1.92 bits per heavy atom. The molecule has 0 aliphatic rings. The van der Waals surface area contributed by atoms with Crippen LogP contribution in [0.1, 0.15) is 74.8 Å². The smallest absolute Gasteiger partial charge is 0.408 e. The van der Waals surface area contributed by atoms with E-state index in [1.54, 1.807) is 34.6 Å². The summed E-state index contributed by atoms with van der Waals surface area (Å²) in [6, 6.07) is 8.87. The van der Waals surface area contributed by atoms with E-state index in [9.17, 15) is 14.4 Å². The minimum Gasteiger partial charge on any atom is -0.458 e. The van der Waals surface area contributed by atoms with Gasteiger partial charge in [0.25, 0.3) is 0 Å². The molecule has 0 bridgehead atoms. The lowest BCUT2D eigenvalue weighted by atomic mass is 9.88. The third kappa shape index (κ3) is 10.6. The van der Waals surface area contributed by atoms with Crippen LogP contribution in [0.2, 0.25) is 18.1 Å². The molecule has 1 rings (SSSR count). The molecule has 37 heavy (non-hydrogen) atoms. The van der Waals surface area contributed by atoms with Gasteiger partial charge in [0, 0.05) is 5.92 Å². The molecular formula is C29H49NO6Si. The van der Waals surface area contributed by atoms with E-state index < -0.39 is 50.1 Å². The van der Waals surface area contributed by atoms with Gasteiger partial charge in [-0.2, -0.15) is 0 Å². The van der Waals surface area contributed by atoms with Crippen LogP contribution in [-0.2, 0) is 29.9 Å². The van der Waals surface area contributed by atoms with Crippen LogP contribution in [-0.4, -0.2) is 50.0 Å². The number of alkyl carbamates (subject to hydrolysis) is 1. The number of rotatable bonds is 11. The predicted octanol–water partition coefficient (Wildman–Crippen LogP) is 6.31. The highest BCUT2D eigenvalue weighted by molar-refractivity contribution is 6.74. The molecule has 0 aliphatic carbocycles. The van der Waals surface area contributed by atoms with Crippen molar-refractivity contribution in [3.63, 3.8) is 0 Å². The van der Waals surface area contributed by atoms with E-state index >= 15 is 0 Å². The number of carbonyl (C=O) groups is 3. The molecule has 1 N–H and O–H groups in total. The van der Waals surface area contributed by atoms with Crippen molar-refractivity contribution in [2.24, 2.45) is 11.8 Å². The fraction of sp³-hybridized carbons (Fsp3) is 0.690. The van der Waals surface area contributed by atoms with Crippen molar-refractivity contribution in [3.05, 3.63) is 35.9 Å². The number of nitrogens with one attached hydrogen (secondary N) is 1. The predicted molar refractivity (Wildman–Crippen MR) is 150 cm³/mol. The molecule has 1 amide bonds. The summed E-state index contributed by atoms with van der Waals surface area (Å²) in [5.41, 5.74) is 0.313. The third-order valence-corrected chi connectivity index (χ3v) is 11.3. The lowest BCUT2D eigenvalue weighted by Crippen LogP contribution is -2.53. The first-order valence-corrected chi connectivity index (χ1v) is 16.1. The van der Waals surface area contributed by atoms with E-state index in [0.29, 0.717) is 6.42 Å². The van der Waals surface area contributed by atoms with E-state index in [1.165, 1.54) is 0 Å². The summed E-state index contributed by atoms with van der Waals surface area (Å²) in [6.07, 6.45) is -1.57. The molecule has 0 aliphatic heterocycles. The Labute approximate surface area is 225 Å². The van der Waals surface area contributed by atoms with Gasteiger partial charge >= 0.3 is 12.1 Å². The monoisotopic (exact) mass is 535 g/mol. The molecule has 1 unspecified atom stereocenters. The second-order valence-electron chi connectivity index (χ2n) is 12.8. The molecule has 0 saturated heterocycles. The quantitative estimate of drug-likeness (QED) is 0.264. The maximum absolute atomic E-state index is 13.3. The molecule has 4 atom stereocenters. The molecule has 8 heteroatoms. The highest BCUT2D eigenvalue weighted by atomic mass is 28.4. The Hall–Kier alpha value is -2.19. The summed E-state index contributed by atoms with van der Waals surface area (Å²) >= 11 is 0. The first kappa shape index (κ1) is 32.8. The van der Waals surface area contributed by atoms with Crippen molar-refractivity contribution in [2.45, 2.75) is 118 Å². The molecule has 0 fully saturated rings. The van der Waals surface area contributed by atoms with Crippen molar-refractivity contribution in [1.82, 2.24) is 5.32 Å². The van der Waals surface area contributed by atoms with Crippen LogP contribution in [0.5, 0.6) is 0 Å². The van der Waals surface area contributed by atoms with Crippen LogP contribution < -0.4 is 5.32 Å². The Morgan fingerprint density at radius 2 is 1.49 bits per heavy atom. The topological polar surface area (TPSA) is 90.9 Å². The van der Waals surface area contributed by atoms with E-state index in [2.05, 4.69) is 39.2 Å². The SMILES string of the molecule is CC(=O)[C@H](Cc1ccccc1)[C@@H](O[Si](C)(C)C(C)(C)C)[C@H](C)OC(=O)C(NC(=O)OC(C)(C)C)C(C)C. The van der Waals surface area contributed by atoms with Gasteiger partial charge in [0.2, 0.25) is 0 Å². The van der Waals surface area contributed by atoms with Crippen LogP contribution >= 0.6 is 0 Å². The standard InChI is InChI=1S/C29H49NO6Si/c1-19(2)24(30-27(33)35-28(5,6)7)26(32)34-21(4)25(36-37(11,12)29(8,9)10)23(20(3)31)18-22-16-14-13-15-17-22/h13-17,19,21,23-25H,18H2,1-12H3,(H,30,33)/t21-,23-,24?,25-/m0/s1. The average molecular weight is 536 g/mol. The van der Waals surface area contributed by atoms with Crippen LogP contribution in [0, 0.1) is 11.8 Å². The minimum absolute atomic E-state index is 0.0252.